The molecule has 1 fully saturated rings. The average Bonchev–Trinajstić information content (AvgIpc) is 3.44. The van der Waals surface area contributed by atoms with Crippen LogP contribution in [0.25, 0.3) is 0 Å². The Kier molecular flexibility index (Phi) is 8.33. The maximum Gasteiger partial charge on any atom is 0.410 e. The van der Waals surface area contributed by atoms with Gasteiger partial charge in [0.1, 0.15) is 17.2 Å². The molecule has 1 aliphatic carbocycles. The molecule has 1 N–H and O–H groups in total. The molecule has 1 saturated heterocycles. The highest BCUT2D eigenvalue weighted by atomic mass is 16.6. The van der Waals surface area contributed by atoms with Gasteiger partial charge in [-0.15, -0.1) is 0 Å². The molecule has 3 heterocycles. The number of likely N-dealkylation sites (tertiary alicyclic amines) is 1. The normalized spacial score (nSPS) is 20.6. The number of pyridine rings is 1. The van der Waals surface area contributed by atoms with Gasteiger partial charge >= 0.3 is 6.09 Å². The summed E-state index contributed by atoms with van der Waals surface area (Å²) in [5.74, 6) is 1.91. The Morgan fingerprint density at radius 2 is 2.05 bits per heavy atom. The summed E-state index contributed by atoms with van der Waals surface area (Å²) < 4.78 is 11.2. The molecule has 0 saturated carbocycles. The quantitative estimate of drug-likeness (QED) is 0.429. The topological polar surface area (TPSA) is 87.9 Å². The largest absolute Gasteiger partial charge is 0.467 e. The molecule has 2 aliphatic rings. The van der Waals surface area contributed by atoms with Crippen LogP contribution in [0.1, 0.15) is 108 Å². The zero-order valence-corrected chi connectivity index (χ0v) is 25.0. The minimum Gasteiger partial charge on any atom is -0.467 e. The Balaban J connectivity index is 1.67. The number of furan rings is 1. The van der Waals surface area contributed by atoms with Crippen LogP contribution in [-0.4, -0.2) is 58.1 Å². The van der Waals surface area contributed by atoms with Crippen LogP contribution in [0.2, 0.25) is 0 Å². The molecule has 39 heavy (non-hydrogen) atoms. The van der Waals surface area contributed by atoms with Gasteiger partial charge in [0.25, 0.3) is 5.91 Å². The number of carbonyl (C=O) groups is 2. The van der Waals surface area contributed by atoms with Gasteiger partial charge in [-0.1, -0.05) is 34.6 Å². The number of ether oxygens (including phenoxy) is 1. The van der Waals surface area contributed by atoms with Crippen molar-refractivity contribution in [3.8, 4) is 0 Å². The third-order valence-corrected chi connectivity index (χ3v) is 7.62. The lowest BCUT2D eigenvalue weighted by atomic mass is 9.86. The number of hydrogen-bond acceptors (Lipinski definition) is 6. The molecule has 0 spiro atoms. The van der Waals surface area contributed by atoms with E-state index in [0.717, 1.165) is 36.3 Å². The van der Waals surface area contributed by atoms with Crippen LogP contribution < -0.4 is 5.32 Å². The highest BCUT2D eigenvalue weighted by Gasteiger charge is 2.39. The predicted molar refractivity (Wildman–Crippen MR) is 153 cm³/mol. The third-order valence-electron chi connectivity index (χ3n) is 7.62. The minimum absolute atomic E-state index is 0.0488. The van der Waals surface area contributed by atoms with Crippen LogP contribution in [-0.2, 0) is 16.7 Å². The first-order valence-electron chi connectivity index (χ1n) is 14.4. The van der Waals surface area contributed by atoms with Gasteiger partial charge < -0.3 is 24.3 Å². The minimum atomic E-state index is -0.563. The zero-order chi connectivity index (χ0) is 28.5. The molecule has 214 valence electrons. The highest BCUT2D eigenvalue weighted by Crippen LogP contribution is 2.46. The molecule has 4 rings (SSSR count). The van der Waals surface area contributed by atoms with Crippen molar-refractivity contribution < 1.29 is 18.7 Å². The van der Waals surface area contributed by atoms with Crippen molar-refractivity contribution in [3.63, 3.8) is 0 Å². The second-order valence-corrected chi connectivity index (χ2v) is 13.3. The van der Waals surface area contributed by atoms with Gasteiger partial charge in [0.2, 0.25) is 0 Å². The number of aromatic nitrogens is 1. The lowest BCUT2D eigenvalue weighted by Crippen LogP contribution is -2.53. The lowest BCUT2D eigenvalue weighted by Gasteiger charge is -2.40. The maximum atomic E-state index is 14.4. The van der Waals surface area contributed by atoms with Crippen molar-refractivity contribution in [2.45, 2.75) is 104 Å². The molecule has 2 aromatic heterocycles. The van der Waals surface area contributed by atoms with E-state index in [1.807, 2.05) is 37.8 Å². The smallest absolute Gasteiger partial charge is 0.410 e. The number of hydrogen-bond donors (Lipinski definition) is 1. The van der Waals surface area contributed by atoms with Crippen LogP contribution in [0.4, 0.5) is 10.6 Å². The fourth-order valence-electron chi connectivity index (χ4n) is 5.95. The number of rotatable bonds is 7. The summed E-state index contributed by atoms with van der Waals surface area (Å²) in [6, 6.07) is 5.74. The molecule has 8 heteroatoms. The van der Waals surface area contributed by atoms with Crippen molar-refractivity contribution in [2.75, 3.05) is 25.0 Å². The van der Waals surface area contributed by atoms with E-state index < -0.39 is 5.60 Å². The van der Waals surface area contributed by atoms with Gasteiger partial charge in [0.15, 0.2) is 0 Å². The monoisotopic (exact) mass is 538 g/mol. The summed E-state index contributed by atoms with van der Waals surface area (Å²) in [6.45, 7) is 18.7. The van der Waals surface area contributed by atoms with Gasteiger partial charge in [0, 0.05) is 31.4 Å². The van der Waals surface area contributed by atoms with Crippen molar-refractivity contribution in [1.29, 1.82) is 0 Å². The first-order chi connectivity index (χ1) is 18.2. The van der Waals surface area contributed by atoms with Crippen molar-refractivity contribution in [3.05, 3.63) is 47.0 Å². The SMILES string of the molecule is CC(C)CN(C(=O)c1cc2c(nc1NCc1ccco1)C(C)CC2(C)C)C1CCCN(C(=O)OC(C)(C)C)C1. The Hall–Kier alpha value is -3.03. The molecule has 0 bridgehead atoms. The number of nitrogens with zero attached hydrogens (tertiary/aromatic N) is 3. The maximum absolute atomic E-state index is 14.4. The standard InChI is InChI=1S/C31H46N4O4/c1-20(2)18-35(22-11-9-13-34(19-22)29(37)39-30(4,5)6)28(36)24-15-25-26(21(3)16-31(25,7)8)33-27(24)32-17-23-12-10-14-38-23/h10,12,14-15,20-22H,9,11,13,16-19H2,1-8H3,(H,32,33). The van der Waals surface area contributed by atoms with E-state index in [0.29, 0.717) is 43.5 Å². The summed E-state index contributed by atoms with van der Waals surface area (Å²) in [5, 5.41) is 3.40. The van der Waals surface area contributed by atoms with Crippen molar-refractivity contribution in [1.82, 2.24) is 14.8 Å². The first kappa shape index (κ1) is 29.0. The van der Waals surface area contributed by atoms with Crippen LogP contribution in [0.3, 0.4) is 0 Å². The lowest BCUT2D eigenvalue weighted by molar-refractivity contribution is 0.00946. The molecule has 8 nitrogen and oxygen atoms in total. The summed E-state index contributed by atoms with van der Waals surface area (Å²) in [4.78, 5) is 36.1. The molecule has 0 radical (unpaired) electrons. The second kappa shape index (κ2) is 11.2. The number of piperidine rings is 1. The van der Waals surface area contributed by atoms with E-state index in [9.17, 15) is 9.59 Å². The number of amides is 2. The summed E-state index contributed by atoms with van der Waals surface area (Å²) in [7, 11) is 0. The second-order valence-electron chi connectivity index (χ2n) is 13.3. The molecule has 2 atom stereocenters. The first-order valence-corrected chi connectivity index (χ1v) is 14.4. The molecule has 2 aromatic rings. The van der Waals surface area contributed by atoms with Crippen molar-refractivity contribution in [2.24, 2.45) is 5.92 Å². The highest BCUT2D eigenvalue weighted by molar-refractivity contribution is 5.99. The Morgan fingerprint density at radius 1 is 1.31 bits per heavy atom. The number of nitrogens with one attached hydrogen (secondary N) is 1. The Morgan fingerprint density at radius 3 is 2.69 bits per heavy atom. The molecule has 2 unspecified atom stereocenters. The number of fused-ring (bicyclic) bond motifs is 1. The van der Waals surface area contributed by atoms with Crippen molar-refractivity contribution >= 4 is 17.8 Å². The summed E-state index contributed by atoms with van der Waals surface area (Å²) >= 11 is 0. The molecule has 0 aromatic carbocycles. The fraction of sp³-hybridized carbons (Fsp3) is 0.645. The number of anilines is 1. The number of carbonyl (C=O) groups excluding carboxylic acids is 2. The summed E-state index contributed by atoms with van der Waals surface area (Å²) in [5.41, 5.74) is 2.16. The van der Waals surface area contributed by atoms with E-state index in [1.54, 1.807) is 11.2 Å². The molecule has 1 aliphatic heterocycles. The summed E-state index contributed by atoms with van der Waals surface area (Å²) in [6.07, 6.45) is 3.98. The van der Waals surface area contributed by atoms with Crippen LogP contribution >= 0.6 is 0 Å². The molecular formula is C31H46N4O4. The van der Waals surface area contributed by atoms with Crippen LogP contribution in [0.15, 0.2) is 28.9 Å². The predicted octanol–water partition coefficient (Wildman–Crippen LogP) is 6.57. The molecule has 2 amide bonds. The van der Waals surface area contributed by atoms with E-state index in [4.69, 9.17) is 14.1 Å². The van der Waals surface area contributed by atoms with Gasteiger partial charge in [-0.05, 0) is 81.0 Å². The van der Waals surface area contributed by atoms with E-state index in [1.165, 1.54) is 0 Å². The Bertz CT molecular complexity index is 1170. The van der Waals surface area contributed by atoms with Gasteiger partial charge in [0.05, 0.1) is 18.4 Å². The Labute approximate surface area is 233 Å². The fourth-order valence-corrected chi connectivity index (χ4v) is 5.95. The van der Waals surface area contributed by atoms with Gasteiger partial charge in [-0.25, -0.2) is 9.78 Å². The van der Waals surface area contributed by atoms with Gasteiger partial charge in [-0.3, -0.25) is 4.79 Å². The molecular weight excluding hydrogens is 492 g/mol. The van der Waals surface area contributed by atoms with E-state index in [2.05, 4.69) is 46.0 Å². The van der Waals surface area contributed by atoms with Gasteiger partial charge in [-0.2, -0.15) is 0 Å². The third kappa shape index (κ3) is 6.76. The van der Waals surface area contributed by atoms with Crippen LogP contribution in [0.5, 0.6) is 0 Å². The van der Waals surface area contributed by atoms with E-state index in [-0.39, 0.29) is 29.4 Å². The van der Waals surface area contributed by atoms with Crippen LogP contribution in [0, 0.1) is 5.92 Å². The van der Waals surface area contributed by atoms with E-state index >= 15 is 0 Å². The average molecular weight is 539 g/mol. The zero-order valence-electron chi connectivity index (χ0n) is 25.0.